The van der Waals surface area contributed by atoms with Crippen LogP contribution in [0.4, 0.5) is 10.2 Å². The Morgan fingerprint density at radius 2 is 2.10 bits per heavy atom. The van der Waals surface area contributed by atoms with E-state index in [0.717, 1.165) is 16.9 Å². The van der Waals surface area contributed by atoms with Gasteiger partial charge in [-0.15, -0.1) is 0 Å². The van der Waals surface area contributed by atoms with Gasteiger partial charge in [0.2, 0.25) is 0 Å². The lowest BCUT2D eigenvalue weighted by molar-refractivity contribution is 0.0600. The fourth-order valence-corrected chi connectivity index (χ4v) is 2.67. The van der Waals surface area contributed by atoms with Gasteiger partial charge in [0.15, 0.2) is 0 Å². The van der Waals surface area contributed by atoms with E-state index in [1.54, 1.807) is 18.2 Å². The molecule has 5 heteroatoms. The number of hydrogen-bond donors (Lipinski definition) is 1. The van der Waals surface area contributed by atoms with Gasteiger partial charge in [-0.25, -0.2) is 14.2 Å². The van der Waals surface area contributed by atoms with Gasteiger partial charge < -0.3 is 10.1 Å². The van der Waals surface area contributed by atoms with Gasteiger partial charge in [-0.2, -0.15) is 0 Å². The molecule has 1 unspecified atom stereocenters. The van der Waals surface area contributed by atoms with E-state index in [0.29, 0.717) is 12.0 Å². The molecule has 1 aliphatic heterocycles. The lowest BCUT2D eigenvalue weighted by Gasteiger charge is -2.25. The van der Waals surface area contributed by atoms with Gasteiger partial charge in [0, 0.05) is 12.6 Å². The number of anilines is 1. The van der Waals surface area contributed by atoms with Gasteiger partial charge in [0.1, 0.15) is 11.6 Å². The molecule has 1 N–H and O–H groups in total. The van der Waals surface area contributed by atoms with Gasteiger partial charge in [0.05, 0.1) is 18.2 Å². The van der Waals surface area contributed by atoms with Crippen LogP contribution in [0.2, 0.25) is 0 Å². The third-order valence-electron chi connectivity index (χ3n) is 3.81. The molecule has 2 heterocycles. The lowest BCUT2D eigenvalue weighted by atomic mass is 9.89. The number of pyridine rings is 1. The molecule has 4 nitrogen and oxygen atoms in total. The van der Waals surface area contributed by atoms with Crippen LogP contribution < -0.4 is 5.32 Å². The van der Waals surface area contributed by atoms with Crippen molar-refractivity contribution in [3.8, 4) is 0 Å². The van der Waals surface area contributed by atoms with E-state index in [9.17, 15) is 9.18 Å². The van der Waals surface area contributed by atoms with Gasteiger partial charge in [0.25, 0.3) is 0 Å². The molecule has 2 aromatic rings. The molecule has 0 aliphatic carbocycles. The third-order valence-corrected chi connectivity index (χ3v) is 3.81. The van der Waals surface area contributed by atoms with Crippen molar-refractivity contribution < 1.29 is 13.9 Å². The maximum Gasteiger partial charge on any atom is 0.339 e. The number of carbonyl (C=O) groups excluding carboxylic acids is 1. The Morgan fingerprint density at radius 1 is 1.38 bits per heavy atom. The molecule has 0 saturated heterocycles. The number of ether oxygens (including phenoxy) is 1. The number of rotatable bonds is 2. The molecular weight excluding hydrogens is 271 g/mol. The Kier molecular flexibility index (Phi) is 3.12. The molecule has 3 rings (SSSR count). The quantitative estimate of drug-likeness (QED) is 0.862. The number of nitrogens with zero attached hydrogens (tertiary/aromatic N) is 1. The molecule has 1 aliphatic rings. The van der Waals surface area contributed by atoms with Gasteiger partial charge in [-0.05, 0) is 36.2 Å². The molecule has 0 bridgehead atoms. The summed E-state index contributed by atoms with van der Waals surface area (Å²) in [6.07, 6.45) is 2.17. The minimum atomic E-state index is -0.402. The number of methoxy groups -OCH3 is 1. The molecule has 0 radical (unpaired) electrons. The van der Waals surface area contributed by atoms with Crippen LogP contribution in [-0.2, 0) is 16.7 Å². The first-order valence-corrected chi connectivity index (χ1v) is 6.63. The molecule has 0 amide bonds. The normalized spacial score (nSPS) is 19.8. The van der Waals surface area contributed by atoms with Crippen molar-refractivity contribution in [1.82, 2.24) is 4.98 Å². The molecule has 1 atom stereocenters. The average molecular weight is 286 g/mol. The molecule has 0 saturated carbocycles. The van der Waals surface area contributed by atoms with E-state index in [1.165, 1.54) is 25.4 Å². The smallest absolute Gasteiger partial charge is 0.339 e. The van der Waals surface area contributed by atoms with Gasteiger partial charge >= 0.3 is 5.97 Å². The van der Waals surface area contributed by atoms with E-state index in [1.807, 2.05) is 6.92 Å². The number of fused-ring (bicyclic) bond motifs is 1. The van der Waals surface area contributed by atoms with Crippen molar-refractivity contribution in [2.24, 2.45) is 0 Å². The highest BCUT2D eigenvalue weighted by molar-refractivity contribution is 5.89. The SMILES string of the molecule is COC(=O)c1cnc2c(c1)CC(C)(c1ccc(F)cc1)N2. The van der Waals surface area contributed by atoms with Gasteiger partial charge in [-0.1, -0.05) is 12.1 Å². The summed E-state index contributed by atoms with van der Waals surface area (Å²) in [5, 5.41) is 3.35. The summed E-state index contributed by atoms with van der Waals surface area (Å²) in [4.78, 5) is 15.8. The first kappa shape index (κ1) is 13.5. The fourth-order valence-electron chi connectivity index (χ4n) is 2.67. The van der Waals surface area contributed by atoms with Crippen LogP contribution in [0.3, 0.4) is 0 Å². The van der Waals surface area contributed by atoms with Crippen molar-refractivity contribution in [2.45, 2.75) is 18.9 Å². The molecule has 1 aromatic heterocycles. The Balaban J connectivity index is 1.93. The maximum atomic E-state index is 13.1. The Labute approximate surface area is 122 Å². The first-order chi connectivity index (χ1) is 10.0. The van der Waals surface area contributed by atoms with Crippen molar-refractivity contribution >= 4 is 11.8 Å². The van der Waals surface area contributed by atoms with Crippen LogP contribution in [0.1, 0.15) is 28.4 Å². The Hall–Kier alpha value is -2.43. The molecule has 108 valence electrons. The Morgan fingerprint density at radius 3 is 2.76 bits per heavy atom. The number of carbonyl (C=O) groups is 1. The summed E-state index contributed by atoms with van der Waals surface area (Å²) >= 11 is 0. The maximum absolute atomic E-state index is 13.1. The monoisotopic (exact) mass is 286 g/mol. The second-order valence-corrected chi connectivity index (χ2v) is 5.36. The fraction of sp³-hybridized carbons (Fsp3) is 0.250. The number of esters is 1. The second-order valence-electron chi connectivity index (χ2n) is 5.36. The van der Waals surface area contributed by atoms with E-state index in [2.05, 4.69) is 10.3 Å². The lowest BCUT2D eigenvalue weighted by Crippen LogP contribution is -2.29. The number of benzene rings is 1. The van der Waals surface area contributed by atoms with Crippen LogP contribution in [0, 0.1) is 5.82 Å². The van der Waals surface area contributed by atoms with Crippen LogP contribution in [0.25, 0.3) is 0 Å². The van der Waals surface area contributed by atoms with Crippen LogP contribution >= 0.6 is 0 Å². The molecule has 21 heavy (non-hydrogen) atoms. The molecule has 1 aromatic carbocycles. The van der Waals surface area contributed by atoms with Crippen molar-refractivity contribution in [3.63, 3.8) is 0 Å². The number of hydrogen-bond acceptors (Lipinski definition) is 4. The average Bonchev–Trinajstić information content (AvgIpc) is 2.83. The predicted octanol–water partition coefficient (Wildman–Crippen LogP) is 2.89. The second kappa shape index (κ2) is 4.84. The van der Waals surface area contributed by atoms with E-state index in [-0.39, 0.29) is 11.4 Å². The number of aromatic nitrogens is 1. The first-order valence-electron chi connectivity index (χ1n) is 6.63. The topological polar surface area (TPSA) is 51.2 Å². The van der Waals surface area contributed by atoms with Gasteiger partial charge in [-0.3, -0.25) is 0 Å². The van der Waals surface area contributed by atoms with Crippen molar-refractivity contribution in [3.05, 3.63) is 59.0 Å². The number of halogens is 1. The van der Waals surface area contributed by atoms with Crippen molar-refractivity contribution in [1.29, 1.82) is 0 Å². The minimum absolute atomic E-state index is 0.260. The summed E-state index contributed by atoms with van der Waals surface area (Å²) in [6, 6.07) is 8.19. The Bertz CT molecular complexity index is 700. The highest BCUT2D eigenvalue weighted by Crippen LogP contribution is 2.38. The third kappa shape index (κ3) is 2.35. The highest BCUT2D eigenvalue weighted by Gasteiger charge is 2.35. The number of nitrogens with one attached hydrogen (secondary N) is 1. The zero-order chi connectivity index (χ0) is 15.0. The molecule has 0 fully saturated rings. The van der Waals surface area contributed by atoms with E-state index in [4.69, 9.17) is 4.74 Å². The molecule has 0 spiro atoms. The zero-order valence-corrected chi connectivity index (χ0v) is 11.8. The van der Waals surface area contributed by atoms with Crippen LogP contribution in [0.5, 0.6) is 0 Å². The van der Waals surface area contributed by atoms with Crippen LogP contribution in [0.15, 0.2) is 36.5 Å². The molecular formula is C16H15FN2O2. The predicted molar refractivity (Wildman–Crippen MR) is 76.7 cm³/mol. The summed E-state index contributed by atoms with van der Waals surface area (Å²) in [6.45, 7) is 2.03. The summed E-state index contributed by atoms with van der Waals surface area (Å²) in [5.74, 6) is 0.0825. The minimum Gasteiger partial charge on any atom is -0.465 e. The summed E-state index contributed by atoms with van der Waals surface area (Å²) < 4.78 is 17.8. The summed E-state index contributed by atoms with van der Waals surface area (Å²) in [7, 11) is 1.34. The van der Waals surface area contributed by atoms with Crippen LogP contribution in [-0.4, -0.2) is 18.1 Å². The summed E-state index contributed by atoms with van der Waals surface area (Å²) in [5.41, 5.74) is 1.99. The van der Waals surface area contributed by atoms with Crippen molar-refractivity contribution in [2.75, 3.05) is 12.4 Å². The van der Waals surface area contributed by atoms with E-state index >= 15 is 0 Å². The highest BCUT2D eigenvalue weighted by atomic mass is 19.1. The largest absolute Gasteiger partial charge is 0.465 e. The van der Waals surface area contributed by atoms with E-state index < -0.39 is 5.97 Å². The zero-order valence-electron chi connectivity index (χ0n) is 11.8. The standard InChI is InChI=1S/C16H15FN2O2/c1-16(12-3-5-13(17)6-4-12)8-10-7-11(15(20)21-2)9-18-14(10)19-16/h3-7,9H,8H2,1-2H3,(H,18,19).